The van der Waals surface area contributed by atoms with E-state index < -0.39 is 0 Å². The van der Waals surface area contributed by atoms with E-state index in [2.05, 4.69) is 22.4 Å². The summed E-state index contributed by atoms with van der Waals surface area (Å²) in [6.45, 7) is 0.881. The molecule has 3 aromatic carbocycles. The molecule has 1 aliphatic rings. The molecule has 1 amide bonds. The summed E-state index contributed by atoms with van der Waals surface area (Å²) in [6, 6.07) is 25.7. The van der Waals surface area contributed by atoms with E-state index in [1.807, 2.05) is 66.7 Å². The molecule has 1 N–H and O–H groups in total. The maximum atomic E-state index is 11.5. The molecule has 154 valence electrons. The Balaban J connectivity index is 1.17. The van der Waals surface area contributed by atoms with Crippen LogP contribution in [0.4, 0.5) is 5.69 Å². The van der Waals surface area contributed by atoms with Gasteiger partial charge in [0.25, 0.3) is 0 Å². The van der Waals surface area contributed by atoms with Gasteiger partial charge in [-0.15, -0.1) is 11.8 Å². The highest BCUT2D eigenvalue weighted by Gasteiger charge is 2.15. The van der Waals surface area contributed by atoms with Crippen LogP contribution in [0.5, 0.6) is 11.5 Å². The molecular formula is C25H20N2O3S. The van der Waals surface area contributed by atoms with E-state index in [0.717, 1.165) is 44.2 Å². The number of rotatable bonds is 6. The minimum absolute atomic E-state index is 0.0323. The Hall–Kier alpha value is -3.51. The van der Waals surface area contributed by atoms with Crippen LogP contribution in [0, 0.1) is 0 Å². The summed E-state index contributed by atoms with van der Waals surface area (Å²) in [4.78, 5) is 17.1. The molecule has 0 unspecified atom stereocenters. The van der Waals surface area contributed by atoms with E-state index in [4.69, 9.17) is 9.47 Å². The lowest BCUT2D eigenvalue weighted by Gasteiger charge is -2.17. The average Bonchev–Trinajstić information content (AvgIpc) is 2.82. The van der Waals surface area contributed by atoms with Crippen LogP contribution in [0.2, 0.25) is 0 Å². The number of nitrogens with one attached hydrogen (secondary N) is 1. The van der Waals surface area contributed by atoms with Crippen molar-refractivity contribution in [1.82, 2.24) is 4.98 Å². The Morgan fingerprint density at radius 1 is 0.871 bits per heavy atom. The molecule has 0 atom stereocenters. The predicted molar refractivity (Wildman–Crippen MR) is 123 cm³/mol. The minimum atomic E-state index is 0.0323. The zero-order valence-corrected chi connectivity index (χ0v) is 17.5. The van der Waals surface area contributed by atoms with Crippen LogP contribution in [0.1, 0.15) is 11.3 Å². The molecule has 4 aromatic rings. The third-order valence-corrected chi connectivity index (χ3v) is 6.01. The van der Waals surface area contributed by atoms with Crippen molar-refractivity contribution in [3.05, 3.63) is 90.1 Å². The van der Waals surface area contributed by atoms with Crippen LogP contribution in [0.3, 0.4) is 0 Å². The molecule has 0 fully saturated rings. The lowest BCUT2D eigenvalue weighted by atomic mass is 10.2. The number of benzene rings is 3. The number of hydrogen-bond acceptors (Lipinski definition) is 5. The first-order valence-electron chi connectivity index (χ1n) is 9.99. The standard InChI is InChI=1S/C25H20N2O3S/c28-25-16-31-24-13-21(11-12-23(24)27-25)29-14-17-5-9-20(10-6-17)30-15-19-8-7-18-3-1-2-4-22(18)26-19/h1-13H,14-16H2,(H,27,28). The zero-order valence-electron chi connectivity index (χ0n) is 16.7. The minimum Gasteiger partial charge on any atom is -0.489 e. The Bertz CT molecular complexity index is 1240. The third kappa shape index (κ3) is 4.64. The Kier molecular flexibility index (Phi) is 5.46. The summed E-state index contributed by atoms with van der Waals surface area (Å²) >= 11 is 1.52. The first kappa shape index (κ1) is 19.5. The van der Waals surface area contributed by atoms with Gasteiger partial charge in [0.1, 0.15) is 24.7 Å². The number of carbonyl (C=O) groups excluding carboxylic acids is 1. The molecule has 1 aromatic heterocycles. The average molecular weight is 429 g/mol. The number of amides is 1. The van der Waals surface area contributed by atoms with Gasteiger partial charge in [-0.3, -0.25) is 4.79 Å². The molecule has 6 heteroatoms. The van der Waals surface area contributed by atoms with Crippen molar-refractivity contribution in [3.63, 3.8) is 0 Å². The Labute approximate surface area is 184 Å². The largest absolute Gasteiger partial charge is 0.489 e. The van der Waals surface area contributed by atoms with Crippen LogP contribution in [-0.4, -0.2) is 16.6 Å². The molecule has 0 saturated carbocycles. The molecule has 5 nitrogen and oxygen atoms in total. The summed E-state index contributed by atoms with van der Waals surface area (Å²) in [5.41, 5.74) is 3.76. The van der Waals surface area contributed by atoms with Gasteiger partial charge in [-0.2, -0.15) is 0 Å². The third-order valence-electron chi connectivity index (χ3n) is 4.96. The smallest absolute Gasteiger partial charge is 0.234 e. The van der Waals surface area contributed by atoms with E-state index >= 15 is 0 Å². The fraction of sp³-hybridized carbons (Fsp3) is 0.120. The predicted octanol–water partition coefficient (Wildman–Crippen LogP) is 5.44. The molecule has 0 saturated heterocycles. The van der Waals surface area contributed by atoms with Gasteiger partial charge in [0.2, 0.25) is 5.91 Å². The maximum absolute atomic E-state index is 11.5. The number of pyridine rings is 1. The molecule has 2 heterocycles. The summed E-state index contributed by atoms with van der Waals surface area (Å²) in [5, 5.41) is 3.99. The van der Waals surface area contributed by atoms with Crippen LogP contribution in [0.15, 0.2) is 83.8 Å². The maximum Gasteiger partial charge on any atom is 0.234 e. The monoisotopic (exact) mass is 428 g/mol. The van der Waals surface area contributed by atoms with E-state index in [0.29, 0.717) is 19.0 Å². The number of anilines is 1. The highest BCUT2D eigenvalue weighted by atomic mass is 32.2. The first-order valence-corrected chi connectivity index (χ1v) is 11.0. The summed E-state index contributed by atoms with van der Waals surface area (Å²) in [7, 11) is 0. The van der Waals surface area contributed by atoms with Crippen LogP contribution >= 0.6 is 11.8 Å². The van der Waals surface area contributed by atoms with E-state index in [1.165, 1.54) is 11.8 Å². The van der Waals surface area contributed by atoms with E-state index in [-0.39, 0.29) is 5.91 Å². The van der Waals surface area contributed by atoms with Crippen molar-refractivity contribution in [3.8, 4) is 11.5 Å². The molecular weight excluding hydrogens is 408 g/mol. The number of aromatic nitrogens is 1. The molecule has 1 aliphatic heterocycles. The lowest BCUT2D eigenvalue weighted by molar-refractivity contribution is -0.113. The second-order valence-corrected chi connectivity index (χ2v) is 8.23. The van der Waals surface area contributed by atoms with Gasteiger partial charge in [-0.25, -0.2) is 4.98 Å². The zero-order chi connectivity index (χ0) is 21.0. The number of hydrogen-bond donors (Lipinski definition) is 1. The van der Waals surface area contributed by atoms with Crippen molar-refractivity contribution in [1.29, 1.82) is 0 Å². The fourth-order valence-corrected chi connectivity index (χ4v) is 4.17. The van der Waals surface area contributed by atoms with Crippen molar-refractivity contribution in [2.75, 3.05) is 11.1 Å². The van der Waals surface area contributed by atoms with E-state index in [1.54, 1.807) is 0 Å². The van der Waals surface area contributed by atoms with Crippen molar-refractivity contribution in [2.24, 2.45) is 0 Å². The SMILES string of the molecule is O=C1CSc2cc(OCc3ccc(OCc4ccc5ccccc5n4)cc3)ccc2N1. The fourth-order valence-electron chi connectivity index (χ4n) is 3.34. The van der Waals surface area contributed by atoms with Gasteiger partial charge >= 0.3 is 0 Å². The molecule has 0 aliphatic carbocycles. The Morgan fingerprint density at radius 3 is 2.58 bits per heavy atom. The highest BCUT2D eigenvalue weighted by Crippen LogP contribution is 2.34. The van der Waals surface area contributed by atoms with Gasteiger partial charge in [0, 0.05) is 10.3 Å². The lowest BCUT2D eigenvalue weighted by Crippen LogP contribution is -2.18. The Morgan fingerprint density at radius 2 is 1.68 bits per heavy atom. The number of nitrogens with zero attached hydrogens (tertiary/aromatic N) is 1. The van der Waals surface area contributed by atoms with Crippen LogP contribution in [0.25, 0.3) is 10.9 Å². The normalized spacial score (nSPS) is 12.8. The number of fused-ring (bicyclic) bond motifs is 2. The van der Waals surface area contributed by atoms with E-state index in [9.17, 15) is 4.79 Å². The molecule has 0 spiro atoms. The number of ether oxygens (including phenoxy) is 2. The number of thioether (sulfide) groups is 1. The summed E-state index contributed by atoms with van der Waals surface area (Å²) in [6.07, 6.45) is 0. The number of para-hydroxylation sites is 1. The van der Waals surface area contributed by atoms with Crippen molar-refractivity contribution < 1.29 is 14.3 Å². The second-order valence-electron chi connectivity index (χ2n) is 7.21. The van der Waals surface area contributed by atoms with Gasteiger partial charge in [0.15, 0.2) is 0 Å². The molecule has 0 radical (unpaired) electrons. The summed E-state index contributed by atoms with van der Waals surface area (Å²) in [5.74, 6) is 2.04. The van der Waals surface area contributed by atoms with Crippen LogP contribution in [-0.2, 0) is 18.0 Å². The van der Waals surface area contributed by atoms with Gasteiger partial charge in [-0.05, 0) is 48.0 Å². The highest BCUT2D eigenvalue weighted by molar-refractivity contribution is 8.00. The number of carbonyl (C=O) groups is 1. The van der Waals surface area contributed by atoms with Gasteiger partial charge in [0.05, 0.1) is 22.7 Å². The van der Waals surface area contributed by atoms with Crippen molar-refractivity contribution in [2.45, 2.75) is 18.1 Å². The van der Waals surface area contributed by atoms with Crippen LogP contribution < -0.4 is 14.8 Å². The van der Waals surface area contributed by atoms with Gasteiger partial charge in [-0.1, -0.05) is 36.4 Å². The summed E-state index contributed by atoms with van der Waals surface area (Å²) < 4.78 is 11.8. The van der Waals surface area contributed by atoms with Crippen molar-refractivity contribution >= 4 is 34.3 Å². The van der Waals surface area contributed by atoms with Gasteiger partial charge < -0.3 is 14.8 Å². The first-order chi connectivity index (χ1) is 15.2. The quantitative estimate of drug-likeness (QED) is 0.443. The molecule has 0 bridgehead atoms. The molecule has 5 rings (SSSR count). The molecule has 31 heavy (non-hydrogen) atoms. The second kappa shape index (κ2) is 8.70. The topological polar surface area (TPSA) is 60.5 Å².